The molecule has 0 fully saturated rings. The first kappa shape index (κ1) is 11.2. The summed E-state index contributed by atoms with van der Waals surface area (Å²) in [6.45, 7) is 5.43. The smallest absolute Gasteiger partial charge is 0.160 e. The van der Waals surface area contributed by atoms with Gasteiger partial charge in [0.05, 0.1) is 10.6 Å². The molecule has 0 aliphatic carbocycles. The Hall–Kier alpha value is -1.26. The third-order valence-corrected chi connectivity index (χ3v) is 3.34. The Morgan fingerprint density at radius 2 is 2.06 bits per heavy atom. The molecule has 0 radical (unpaired) electrons. The maximum atomic E-state index is 9.86. The summed E-state index contributed by atoms with van der Waals surface area (Å²) in [6.07, 6.45) is 1.69. The van der Waals surface area contributed by atoms with Crippen LogP contribution in [0.25, 0.3) is 10.6 Å². The van der Waals surface area contributed by atoms with E-state index in [0.717, 1.165) is 10.6 Å². The fourth-order valence-corrected chi connectivity index (χ4v) is 2.31. The minimum absolute atomic E-state index is 0.456. The maximum Gasteiger partial charge on any atom is 0.160 e. The molecule has 0 aliphatic rings. The van der Waals surface area contributed by atoms with Crippen LogP contribution in [0.2, 0.25) is 0 Å². The van der Waals surface area contributed by atoms with Crippen molar-refractivity contribution >= 4 is 11.3 Å². The van der Waals surface area contributed by atoms with Crippen molar-refractivity contribution in [3.63, 3.8) is 0 Å². The van der Waals surface area contributed by atoms with Gasteiger partial charge in [0.25, 0.3) is 0 Å². The van der Waals surface area contributed by atoms with Crippen molar-refractivity contribution < 1.29 is 5.11 Å². The summed E-state index contributed by atoms with van der Waals surface area (Å²) >= 11 is 1.65. The molecule has 0 aliphatic heterocycles. The van der Waals surface area contributed by atoms with E-state index in [2.05, 4.69) is 23.0 Å². The van der Waals surface area contributed by atoms with Crippen molar-refractivity contribution in [1.82, 2.24) is 9.97 Å². The molecule has 2 aromatic rings. The summed E-state index contributed by atoms with van der Waals surface area (Å²) in [4.78, 5) is 9.62. The van der Waals surface area contributed by atoms with Crippen LogP contribution in [0.4, 0.5) is 0 Å². The number of hydrogen-bond donors (Lipinski definition) is 1. The highest BCUT2D eigenvalue weighted by molar-refractivity contribution is 7.13. The average Bonchev–Trinajstić information content (AvgIpc) is 2.63. The highest BCUT2D eigenvalue weighted by Crippen LogP contribution is 2.28. The Morgan fingerprint density at radius 3 is 2.62 bits per heavy atom. The lowest BCUT2D eigenvalue weighted by Gasteiger charge is -2.15. The molecule has 2 aromatic heterocycles. The molecule has 0 spiro atoms. The Labute approximate surface area is 98.8 Å². The molecule has 0 unspecified atom stereocenters. The van der Waals surface area contributed by atoms with Crippen LogP contribution in [0.15, 0.2) is 23.7 Å². The number of thiophene rings is 1. The molecule has 1 N–H and O–H groups in total. The van der Waals surface area contributed by atoms with Gasteiger partial charge < -0.3 is 5.11 Å². The van der Waals surface area contributed by atoms with Crippen molar-refractivity contribution in [1.29, 1.82) is 0 Å². The Bertz CT molecular complexity index is 500. The fourth-order valence-electron chi connectivity index (χ4n) is 1.42. The van der Waals surface area contributed by atoms with E-state index in [9.17, 15) is 5.11 Å². The number of hydrogen-bond acceptors (Lipinski definition) is 4. The number of aryl methyl sites for hydroxylation is 1. The first-order valence-corrected chi connectivity index (χ1v) is 5.97. The van der Waals surface area contributed by atoms with Gasteiger partial charge in [0, 0.05) is 6.20 Å². The second kappa shape index (κ2) is 3.96. The molecule has 0 amide bonds. The first-order valence-electron chi connectivity index (χ1n) is 5.09. The molecular formula is C12H14N2OS. The molecule has 0 bridgehead atoms. The maximum absolute atomic E-state index is 9.86. The number of aromatic nitrogens is 2. The topological polar surface area (TPSA) is 46.0 Å². The average molecular weight is 234 g/mol. The molecule has 0 aromatic carbocycles. The van der Waals surface area contributed by atoms with Gasteiger partial charge >= 0.3 is 0 Å². The van der Waals surface area contributed by atoms with Gasteiger partial charge in [-0.1, -0.05) is 0 Å². The van der Waals surface area contributed by atoms with Crippen LogP contribution in [-0.4, -0.2) is 15.1 Å². The highest BCUT2D eigenvalue weighted by atomic mass is 32.1. The van der Waals surface area contributed by atoms with Crippen LogP contribution < -0.4 is 0 Å². The molecule has 4 heteroatoms. The van der Waals surface area contributed by atoms with Crippen LogP contribution in [0.5, 0.6) is 0 Å². The minimum atomic E-state index is -0.999. The van der Waals surface area contributed by atoms with E-state index in [0.29, 0.717) is 5.82 Å². The molecule has 0 saturated carbocycles. The van der Waals surface area contributed by atoms with E-state index in [1.54, 1.807) is 31.4 Å². The standard InChI is InChI=1S/C12H14N2OS/c1-8-5-7-16-10(8)9-4-6-13-11(14-9)12(2,3)15/h4-7,15H,1-3H3. The zero-order valence-electron chi connectivity index (χ0n) is 9.56. The third-order valence-electron chi connectivity index (χ3n) is 2.30. The van der Waals surface area contributed by atoms with Crippen LogP contribution in [0.1, 0.15) is 25.2 Å². The summed E-state index contributed by atoms with van der Waals surface area (Å²) in [5, 5.41) is 11.9. The Kier molecular flexibility index (Phi) is 2.78. The summed E-state index contributed by atoms with van der Waals surface area (Å²) in [7, 11) is 0. The number of nitrogens with zero attached hydrogens (tertiary/aromatic N) is 2. The largest absolute Gasteiger partial charge is 0.382 e. The summed E-state index contributed by atoms with van der Waals surface area (Å²) in [6, 6.07) is 3.93. The third kappa shape index (κ3) is 2.13. The van der Waals surface area contributed by atoms with Gasteiger partial charge in [-0.2, -0.15) is 0 Å². The van der Waals surface area contributed by atoms with Crippen molar-refractivity contribution in [3.8, 4) is 10.6 Å². The lowest BCUT2D eigenvalue weighted by Crippen LogP contribution is -2.19. The first-order chi connectivity index (χ1) is 7.48. The molecule has 16 heavy (non-hydrogen) atoms. The van der Waals surface area contributed by atoms with Crippen molar-refractivity contribution in [2.24, 2.45) is 0 Å². The van der Waals surface area contributed by atoms with E-state index in [1.165, 1.54) is 5.56 Å². The molecule has 0 saturated heterocycles. The quantitative estimate of drug-likeness (QED) is 0.869. The lowest BCUT2D eigenvalue weighted by atomic mass is 10.1. The van der Waals surface area contributed by atoms with Crippen LogP contribution in [0, 0.1) is 6.92 Å². The van der Waals surface area contributed by atoms with E-state index < -0.39 is 5.60 Å². The van der Waals surface area contributed by atoms with Gasteiger partial charge in [-0.15, -0.1) is 11.3 Å². The van der Waals surface area contributed by atoms with Crippen LogP contribution in [-0.2, 0) is 5.60 Å². The summed E-state index contributed by atoms with van der Waals surface area (Å²) in [5.74, 6) is 0.456. The monoisotopic (exact) mass is 234 g/mol. The zero-order chi connectivity index (χ0) is 11.8. The van der Waals surface area contributed by atoms with E-state index in [-0.39, 0.29) is 0 Å². The lowest BCUT2D eigenvalue weighted by molar-refractivity contribution is 0.0688. The summed E-state index contributed by atoms with van der Waals surface area (Å²) in [5.41, 5.74) is 1.08. The molecule has 2 rings (SSSR count). The van der Waals surface area contributed by atoms with Gasteiger partial charge in [0.2, 0.25) is 0 Å². The van der Waals surface area contributed by atoms with E-state index in [4.69, 9.17) is 0 Å². The molecular weight excluding hydrogens is 220 g/mol. The van der Waals surface area contributed by atoms with Crippen LogP contribution in [0.3, 0.4) is 0 Å². The molecule has 0 atom stereocenters. The summed E-state index contributed by atoms with van der Waals surface area (Å²) < 4.78 is 0. The van der Waals surface area contributed by atoms with Gasteiger partial charge in [-0.25, -0.2) is 9.97 Å². The van der Waals surface area contributed by atoms with Crippen molar-refractivity contribution in [2.75, 3.05) is 0 Å². The Morgan fingerprint density at radius 1 is 1.31 bits per heavy atom. The molecule has 3 nitrogen and oxygen atoms in total. The van der Waals surface area contributed by atoms with Crippen molar-refractivity contribution in [2.45, 2.75) is 26.4 Å². The van der Waals surface area contributed by atoms with E-state index >= 15 is 0 Å². The van der Waals surface area contributed by atoms with Gasteiger partial charge in [0.15, 0.2) is 5.82 Å². The highest BCUT2D eigenvalue weighted by Gasteiger charge is 2.20. The fraction of sp³-hybridized carbons (Fsp3) is 0.333. The normalized spacial score (nSPS) is 11.8. The molecule has 2 heterocycles. The zero-order valence-corrected chi connectivity index (χ0v) is 10.4. The van der Waals surface area contributed by atoms with Gasteiger partial charge in [-0.3, -0.25) is 0 Å². The second-order valence-corrected chi connectivity index (χ2v) is 5.17. The number of aliphatic hydroxyl groups is 1. The predicted molar refractivity (Wildman–Crippen MR) is 65.3 cm³/mol. The van der Waals surface area contributed by atoms with Gasteiger partial charge in [0.1, 0.15) is 5.60 Å². The SMILES string of the molecule is Cc1ccsc1-c1ccnc(C(C)(C)O)n1. The predicted octanol–water partition coefficient (Wildman–Crippen LogP) is 2.74. The van der Waals surface area contributed by atoms with E-state index in [1.807, 2.05) is 11.4 Å². The molecule has 84 valence electrons. The minimum Gasteiger partial charge on any atom is -0.382 e. The second-order valence-electron chi connectivity index (χ2n) is 4.26. The Balaban J connectivity index is 2.49. The van der Waals surface area contributed by atoms with Crippen LogP contribution >= 0.6 is 11.3 Å². The van der Waals surface area contributed by atoms with Gasteiger partial charge in [-0.05, 0) is 43.8 Å². The van der Waals surface area contributed by atoms with Crippen molar-refractivity contribution in [3.05, 3.63) is 35.1 Å². The number of rotatable bonds is 2.